The molecule has 3 heterocycles. The number of anilines is 1. The van der Waals surface area contributed by atoms with Crippen molar-refractivity contribution in [2.75, 3.05) is 11.1 Å². The van der Waals surface area contributed by atoms with Crippen LogP contribution in [0.2, 0.25) is 0 Å². The summed E-state index contributed by atoms with van der Waals surface area (Å²) in [4.78, 5) is 58.1. The van der Waals surface area contributed by atoms with Gasteiger partial charge in [-0.2, -0.15) is 21.6 Å². The molecule has 0 saturated carbocycles. The zero-order valence-corrected chi connectivity index (χ0v) is 47.2. The van der Waals surface area contributed by atoms with Crippen LogP contribution in [-0.2, 0) is 49.4 Å². The number of nitrogens with zero attached hydrogens (tertiary/aromatic N) is 3. The van der Waals surface area contributed by atoms with Crippen LogP contribution < -0.4 is 10.6 Å². The summed E-state index contributed by atoms with van der Waals surface area (Å²) in [5.74, 6) is -2.97. The van der Waals surface area contributed by atoms with Crippen molar-refractivity contribution in [1.82, 2.24) is 15.2 Å². The Labute approximate surface area is 496 Å². The summed E-state index contributed by atoms with van der Waals surface area (Å²) in [6.07, 6.45) is 0.100. The van der Waals surface area contributed by atoms with Crippen LogP contribution in [0.4, 0.5) is 18.3 Å². The second kappa shape index (κ2) is 24.7. The summed E-state index contributed by atoms with van der Waals surface area (Å²) >= 11 is 2.25. The van der Waals surface area contributed by atoms with Crippen LogP contribution in [0.1, 0.15) is 56.3 Å². The molecule has 1 fully saturated rings. The maximum absolute atomic E-state index is 15.5. The van der Waals surface area contributed by atoms with Gasteiger partial charge in [0, 0.05) is 27.8 Å². The van der Waals surface area contributed by atoms with Gasteiger partial charge in [-0.15, -0.1) is 23.1 Å². The monoisotopic (exact) mass is 1190 g/mol. The minimum Gasteiger partial charge on any atom is -0.448 e. The number of carbonyl (C=O) groups excluding carboxylic acids is 3. The number of oxime groups is 1. The number of nitrogens with one attached hydrogen (secondary N) is 2. The van der Waals surface area contributed by atoms with Gasteiger partial charge >= 0.3 is 21.6 Å². The van der Waals surface area contributed by atoms with E-state index in [1.54, 1.807) is 66.0 Å². The molecule has 0 aliphatic carbocycles. The number of β-lactam (4-membered cyclic amide) rings is 1. The first-order valence-electron chi connectivity index (χ1n) is 26.6. The molecule has 13 nitrogen and oxygen atoms in total. The van der Waals surface area contributed by atoms with Crippen molar-refractivity contribution in [3.05, 3.63) is 322 Å². The highest BCUT2D eigenvalue weighted by Gasteiger charge is 2.55. The number of hydrogen-bond acceptors (Lipinski definition) is 13. The number of carbonyl (C=O) groups is 3. The number of thiazole rings is 1. The molecule has 426 valence electrons. The van der Waals surface area contributed by atoms with Crippen LogP contribution in [-0.4, -0.2) is 64.5 Å². The Morgan fingerprint density at radius 2 is 1.06 bits per heavy atom. The Kier molecular flexibility index (Phi) is 16.7. The molecule has 1 aromatic heterocycles. The molecule has 9 aromatic rings. The number of hydrogen-bond donors (Lipinski definition) is 2. The molecule has 0 radical (unpaired) electrons. The van der Waals surface area contributed by atoms with Gasteiger partial charge in [0.15, 0.2) is 16.9 Å². The number of halogens is 3. The second-order valence-corrected chi connectivity index (χ2v) is 23.0. The topological polar surface area (TPSA) is 166 Å². The molecule has 2 aliphatic rings. The number of aromatic nitrogens is 1. The SMILES string of the molecule is O=C(NC1C(=O)N2C(C(=O)OC(c3ccccc3)c3ccccc3)=C(/C=C/OS(=O)(=O)C(F)(F)F)CS[C@H]12)C(=NOC(c1ccccc1)(c1ccccc1)c1ccccc1)c1csc(NC(c2ccccc2)(c2ccccc2)c2ccccc2)n1. The fourth-order valence-corrected chi connectivity index (χ4v) is 12.7. The van der Waals surface area contributed by atoms with E-state index in [4.69, 9.17) is 19.7 Å². The Morgan fingerprint density at radius 3 is 1.49 bits per heavy atom. The first-order valence-corrected chi connectivity index (χ1v) is 29.9. The van der Waals surface area contributed by atoms with Gasteiger partial charge in [-0.3, -0.25) is 14.5 Å². The lowest BCUT2D eigenvalue weighted by Crippen LogP contribution is -2.71. The predicted octanol–water partition coefficient (Wildman–Crippen LogP) is 12.6. The molecule has 11 rings (SSSR count). The minimum absolute atomic E-state index is 0.0642. The molecule has 8 aromatic carbocycles. The van der Waals surface area contributed by atoms with Crippen LogP contribution in [0.3, 0.4) is 0 Å². The summed E-state index contributed by atoms with van der Waals surface area (Å²) in [6, 6.07) is 73.9. The van der Waals surface area contributed by atoms with Crippen molar-refractivity contribution in [1.29, 1.82) is 0 Å². The molecule has 2 atom stereocenters. The lowest BCUT2D eigenvalue weighted by molar-refractivity contribution is -0.154. The smallest absolute Gasteiger partial charge is 0.448 e. The van der Waals surface area contributed by atoms with Crippen LogP contribution in [0, 0.1) is 0 Å². The van der Waals surface area contributed by atoms with Gasteiger partial charge < -0.3 is 24.4 Å². The van der Waals surface area contributed by atoms with Crippen LogP contribution in [0.25, 0.3) is 0 Å². The van der Waals surface area contributed by atoms with E-state index in [9.17, 15) is 31.2 Å². The Bertz CT molecular complexity index is 3790. The Morgan fingerprint density at radius 1 is 0.635 bits per heavy atom. The van der Waals surface area contributed by atoms with Crippen molar-refractivity contribution >= 4 is 61.8 Å². The average Bonchev–Trinajstić information content (AvgIpc) is 1.54. The van der Waals surface area contributed by atoms with Gasteiger partial charge in [0.2, 0.25) is 5.60 Å². The predicted molar refractivity (Wildman–Crippen MR) is 320 cm³/mol. The zero-order valence-electron chi connectivity index (χ0n) is 44.7. The van der Waals surface area contributed by atoms with E-state index in [1.807, 2.05) is 182 Å². The maximum atomic E-state index is 15.5. The number of amides is 2. The van der Waals surface area contributed by atoms with Crippen molar-refractivity contribution in [3.63, 3.8) is 0 Å². The number of fused-ring (bicyclic) bond motifs is 1. The van der Waals surface area contributed by atoms with Gasteiger partial charge in [-0.25, -0.2) is 9.78 Å². The van der Waals surface area contributed by atoms with E-state index >= 15 is 4.79 Å². The standard InChI is InChI=1S/C66H50F3N5O8S3/c67-66(68,69)85(78,79)80-42-41-47-43-83-61-56(60(76)74(61)57(47)62(77)81-58(45-25-9-1-10-26-45)46-27-11-2-12-28-46)71-59(75)55(73-82-65(51-35-19-6-20-36-51,52-37-21-7-22-38-52)53-39-23-8-24-40-53)54-44-84-63(70-54)72-64(48-29-13-3-14-30-48,49-31-15-4-16-32-49)50-33-17-5-18-34-50/h1-42,44,56,58,61H,43H2,(H,70,72)(H,71,75)/b42-41+,73-55?/t56?,61-/m1/s1. The minimum atomic E-state index is -6.10. The third-order valence-electron chi connectivity index (χ3n) is 14.3. The van der Waals surface area contributed by atoms with E-state index in [0.29, 0.717) is 32.9 Å². The normalized spacial score (nSPS) is 15.6. The van der Waals surface area contributed by atoms with E-state index in [1.165, 1.54) is 11.3 Å². The summed E-state index contributed by atoms with van der Waals surface area (Å²) < 4.78 is 74.5. The third-order valence-corrected chi connectivity index (χ3v) is 17.3. The number of benzene rings is 8. The van der Waals surface area contributed by atoms with Crippen molar-refractivity contribution in [2.45, 2.75) is 34.2 Å². The quantitative estimate of drug-likeness (QED) is 0.0109. The fraction of sp³-hybridized carbons (Fsp3) is 0.106. The van der Waals surface area contributed by atoms with E-state index in [-0.39, 0.29) is 29.0 Å². The van der Waals surface area contributed by atoms with Gasteiger partial charge in [0.05, 0.1) is 0 Å². The summed E-state index contributed by atoms with van der Waals surface area (Å²) in [6.45, 7) is 0. The second-order valence-electron chi connectivity index (χ2n) is 19.5. The molecule has 2 N–H and O–H groups in total. The first kappa shape index (κ1) is 57.3. The molecule has 0 spiro atoms. The molecule has 1 saturated heterocycles. The van der Waals surface area contributed by atoms with E-state index < -0.39 is 67.8 Å². The summed E-state index contributed by atoms with van der Waals surface area (Å²) in [5, 5.41) is 12.4. The summed E-state index contributed by atoms with van der Waals surface area (Å²) in [5.41, 5.74) is -3.28. The number of thioether (sulfide) groups is 1. The van der Waals surface area contributed by atoms with E-state index in [2.05, 4.69) is 14.8 Å². The van der Waals surface area contributed by atoms with Crippen LogP contribution >= 0.6 is 23.1 Å². The zero-order chi connectivity index (χ0) is 59.0. The van der Waals surface area contributed by atoms with Gasteiger partial charge in [-0.1, -0.05) is 248 Å². The fourth-order valence-electron chi connectivity index (χ4n) is 10.3. The maximum Gasteiger partial charge on any atom is 0.534 e. The average molecular weight is 1190 g/mol. The number of ether oxygens (including phenoxy) is 1. The van der Waals surface area contributed by atoms with Crippen molar-refractivity contribution < 1.29 is 49.7 Å². The molecule has 19 heteroatoms. The number of esters is 1. The first-order chi connectivity index (χ1) is 41.3. The van der Waals surface area contributed by atoms with Crippen LogP contribution in [0.15, 0.2) is 277 Å². The van der Waals surface area contributed by atoms with E-state index in [0.717, 1.165) is 39.4 Å². The van der Waals surface area contributed by atoms with Crippen molar-refractivity contribution in [3.8, 4) is 0 Å². The molecular formula is C66H50F3N5O8S3. The van der Waals surface area contributed by atoms with Crippen molar-refractivity contribution in [2.24, 2.45) is 5.16 Å². The molecule has 2 aliphatic heterocycles. The van der Waals surface area contributed by atoms with Gasteiger partial charge in [0.1, 0.15) is 34.6 Å². The molecule has 85 heavy (non-hydrogen) atoms. The third kappa shape index (κ3) is 11.6. The largest absolute Gasteiger partial charge is 0.534 e. The van der Waals surface area contributed by atoms with Gasteiger partial charge in [0.25, 0.3) is 11.8 Å². The molecule has 1 unspecified atom stereocenters. The van der Waals surface area contributed by atoms with Crippen LogP contribution in [0.5, 0.6) is 0 Å². The lowest BCUT2D eigenvalue weighted by Gasteiger charge is -2.49. The molecular weight excluding hydrogens is 1140 g/mol. The molecule has 0 bridgehead atoms. The Balaban J connectivity index is 0.995. The number of rotatable bonds is 20. The number of allylic oxidation sites excluding steroid dienone is 1. The summed E-state index contributed by atoms with van der Waals surface area (Å²) in [7, 11) is -6.10. The molecule has 2 amide bonds. The Hall–Kier alpha value is -9.56. The van der Waals surface area contributed by atoms with Gasteiger partial charge in [-0.05, 0) is 39.5 Å². The highest BCUT2D eigenvalue weighted by Crippen LogP contribution is 2.45. The number of alkyl halides is 3. The highest BCUT2D eigenvalue weighted by molar-refractivity contribution is 8.00. The highest BCUT2D eigenvalue weighted by atomic mass is 32.2. The lowest BCUT2D eigenvalue weighted by atomic mass is 9.77.